The van der Waals surface area contributed by atoms with Crippen LogP contribution in [0, 0.1) is 0 Å². The Morgan fingerprint density at radius 2 is 2.29 bits per heavy atom. The molecule has 0 aliphatic carbocycles. The van der Waals surface area contributed by atoms with Gasteiger partial charge in [0.2, 0.25) is 0 Å². The maximum Gasteiger partial charge on any atom is 0.137 e. The summed E-state index contributed by atoms with van der Waals surface area (Å²) >= 11 is 5.94. The zero-order valence-corrected chi connectivity index (χ0v) is 10.3. The molecule has 1 saturated heterocycles. The predicted molar refractivity (Wildman–Crippen MR) is 68.1 cm³/mol. The quantitative estimate of drug-likeness (QED) is 0.879. The van der Waals surface area contributed by atoms with Crippen LogP contribution in [0.4, 0.5) is 0 Å². The molecule has 1 atom stereocenters. The Morgan fingerprint density at radius 1 is 1.41 bits per heavy atom. The van der Waals surface area contributed by atoms with Crippen molar-refractivity contribution < 1.29 is 0 Å². The summed E-state index contributed by atoms with van der Waals surface area (Å²) in [5, 5.41) is 0.727. The van der Waals surface area contributed by atoms with Gasteiger partial charge in [-0.05, 0) is 18.6 Å². The molecule has 0 unspecified atom stereocenters. The zero-order valence-electron chi connectivity index (χ0n) is 9.51. The normalized spacial score (nSPS) is 21.4. The molecule has 17 heavy (non-hydrogen) atoms. The van der Waals surface area contributed by atoms with Gasteiger partial charge in [-0.2, -0.15) is 0 Å². The number of nitrogens with two attached hydrogens (primary N) is 1. The van der Waals surface area contributed by atoms with Gasteiger partial charge in [-0.3, -0.25) is 4.90 Å². The van der Waals surface area contributed by atoms with Crippen LogP contribution in [0.2, 0.25) is 5.02 Å². The van der Waals surface area contributed by atoms with Crippen LogP contribution >= 0.6 is 11.6 Å². The van der Waals surface area contributed by atoms with Gasteiger partial charge in [0.05, 0.1) is 10.7 Å². The molecule has 90 valence electrons. The van der Waals surface area contributed by atoms with E-state index in [1.54, 1.807) is 0 Å². The largest absolute Gasteiger partial charge is 0.326 e. The van der Waals surface area contributed by atoms with E-state index in [-0.39, 0.29) is 0 Å². The number of nitrogens with zero attached hydrogens (tertiary/aromatic N) is 3. The Balaban J connectivity index is 1.81. The molecule has 1 aliphatic heterocycles. The molecule has 4 nitrogen and oxygen atoms in total. The standard InChI is InChI=1S/C12H15ClN4/c13-9-1-2-12-15-11(8-17(12)5-9)7-16-4-3-10(14)6-16/h1-2,5,8,10H,3-4,6-7,14H2/t10-/m1/s1. The fraction of sp³-hybridized carbons (Fsp3) is 0.417. The highest BCUT2D eigenvalue weighted by molar-refractivity contribution is 6.30. The smallest absolute Gasteiger partial charge is 0.137 e. The Kier molecular flexibility index (Phi) is 2.78. The van der Waals surface area contributed by atoms with Crippen molar-refractivity contribution >= 4 is 17.2 Å². The Bertz CT molecular complexity index is 536. The first-order valence-corrected chi connectivity index (χ1v) is 6.19. The van der Waals surface area contributed by atoms with Crippen LogP contribution in [0.1, 0.15) is 12.1 Å². The third-order valence-electron chi connectivity index (χ3n) is 3.16. The van der Waals surface area contributed by atoms with Crippen molar-refractivity contribution in [2.75, 3.05) is 13.1 Å². The minimum atomic E-state index is 0.321. The average Bonchev–Trinajstić information content (AvgIpc) is 2.84. The number of aromatic nitrogens is 2. The topological polar surface area (TPSA) is 46.6 Å². The molecule has 1 fully saturated rings. The van der Waals surface area contributed by atoms with Gasteiger partial charge in [0.15, 0.2) is 0 Å². The molecule has 0 amide bonds. The van der Waals surface area contributed by atoms with E-state index in [9.17, 15) is 0 Å². The second kappa shape index (κ2) is 4.29. The van der Waals surface area contributed by atoms with Gasteiger partial charge in [0, 0.05) is 38.1 Å². The molecule has 2 aromatic rings. The summed E-state index contributed by atoms with van der Waals surface area (Å²) in [7, 11) is 0. The summed E-state index contributed by atoms with van der Waals surface area (Å²) in [5.74, 6) is 0. The first-order chi connectivity index (χ1) is 8.20. The highest BCUT2D eigenvalue weighted by Gasteiger charge is 2.19. The number of hydrogen-bond donors (Lipinski definition) is 1. The van der Waals surface area contributed by atoms with Crippen LogP contribution in [0.3, 0.4) is 0 Å². The van der Waals surface area contributed by atoms with Crippen molar-refractivity contribution in [3.8, 4) is 0 Å². The lowest BCUT2D eigenvalue weighted by atomic mass is 10.3. The second-order valence-corrected chi connectivity index (χ2v) is 5.07. The number of halogens is 1. The second-order valence-electron chi connectivity index (χ2n) is 4.63. The first-order valence-electron chi connectivity index (χ1n) is 5.82. The van der Waals surface area contributed by atoms with Crippen molar-refractivity contribution in [2.45, 2.75) is 19.0 Å². The molecule has 1 aliphatic rings. The molecule has 0 aromatic carbocycles. The van der Waals surface area contributed by atoms with E-state index in [4.69, 9.17) is 17.3 Å². The van der Waals surface area contributed by atoms with E-state index in [0.29, 0.717) is 6.04 Å². The molecule has 0 saturated carbocycles. The minimum Gasteiger partial charge on any atom is -0.326 e. The van der Waals surface area contributed by atoms with Crippen LogP contribution in [-0.4, -0.2) is 33.4 Å². The van der Waals surface area contributed by atoms with Gasteiger partial charge in [-0.25, -0.2) is 4.98 Å². The van der Waals surface area contributed by atoms with Gasteiger partial charge in [0.1, 0.15) is 5.65 Å². The Labute approximate surface area is 105 Å². The van der Waals surface area contributed by atoms with E-state index in [2.05, 4.69) is 9.88 Å². The Hall–Kier alpha value is -1.10. The van der Waals surface area contributed by atoms with Crippen LogP contribution in [0.15, 0.2) is 24.5 Å². The molecule has 3 heterocycles. The van der Waals surface area contributed by atoms with E-state index in [1.807, 2.05) is 28.9 Å². The minimum absolute atomic E-state index is 0.321. The molecule has 3 rings (SSSR count). The number of imidazole rings is 1. The summed E-state index contributed by atoms with van der Waals surface area (Å²) in [6.45, 7) is 2.90. The SMILES string of the molecule is N[C@@H]1CCN(Cc2cn3cc(Cl)ccc3n2)C1. The highest BCUT2D eigenvalue weighted by atomic mass is 35.5. The molecule has 2 N–H and O–H groups in total. The Morgan fingerprint density at radius 3 is 3.06 bits per heavy atom. The van der Waals surface area contributed by atoms with E-state index >= 15 is 0 Å². The van der Waals surface area contributed by atoms with Crippen LogP contribution in [0.25, 0.3) is 5.65 Å². The van der Waals surface area contributed by atoms with Crippen molar-refractivity contribution in [1.82, 2.24) is 14.3 Å². The van der Waals surface area contributed by atoms with Crippen LogP contribution in [0.5, 0.6) is 0 Å². The molecule has 0 bridgehead atoms. The third kappa shape index (κ3) is 2.29. The number of likely N-dealkylation sites (tertiary alicyclic amines) is 1. The summed E-state index contributed by atoms with van der Waals surface area (Å²) in [5.41, 5.74) is 7.90. The number of pyridine rings is 1. The summed E-state index contributed by atoms with van der Waals surface area (Å²) in [4.78, 5) is 6.91. The molecular weight excluding hydrogens is 236 g/mol. The third-order valence-corrected chi connectivity index (χ3v) is 3.38. The van der Waals surface area contributed by atoms with E-state index in [1.165, 1.54) is 0 Å². The zero-order chi connectivity index (χ0) is 11.8. The molecule has 2 aromatic heterocycles. The maximum absolute atomic E-state index is 5.94. The van der Waals surface area contributed by atoms with Gasteiger partial charge < -0.3 is 10.1 Å². The fourth-order valence-corrected chi connectivity index (χ4v) is 2.50. The van der Waals surface area contributed by atoms with Crippen molar-refractivity contribution in [3.05, 3.63) is 35.2 Å². The number of hydrogen-bond acceptors (Lipinski definition) is 3. The van der Waals surface area contributed by atoms with Crippen molar-refractivity contribution in [3.63, 3.8) is 0 Å². The summed E-state index contributed by atoms with van der Waals surface area (Å²) in [6, 6.07) is 4.11. The molecular formula is C12H15ClN4. The van der Waals surface area contributed by atoms with Crippen molar-refractivity contribution in [2.24, 2.45) is 5.73 Å². The monoisotopic (exact) mass is 250 g/mol. The van der Waals surface area contributed by atoms with E-state index < -0.39 is 0 Å². The highest BCUT2D eigenvalue weighted by Crippen LogP contribution is 2.15. The van der Waals surface area contributed by atoms with E-state index in [0.717, 1.165) is 42.4 Å². The predicted octanol–water partition coefficient (Wildman–Crippen LogP) is 1.52. The molecule has 0 spiro atoms. The number of rotatable bonds is 2. The lowest BCUT2D eigenvalue weighted by molar-refractivity contribution is 0.323. The average molecular weight is 251 g/mol. The summed E-state index contributed by atoms with van der Waals surface area (Å²) < 4.78 is 1.97. The summed E-state index contributed by atoms with van der Waals surface area (Å²) in [6.07, 6.45) is 4.99. The van der Waals surface area contributed by atoms with Gasteiger partial charge >= 0.3 is 0 Å². The maximum atomic E-state index is 5.94. The van der Waals surface area contributed by atoms with Gasteiger partial charge in [-0.1, -0.05) is 11.6 Å². The molecule has 5 heteroatoms. The van der Waals surface area contributed by atoms with Gasteiger partial charge in [-0.15, -0.1) is 0 Å². The first kappa shape index (κ1) is 11.0. The fourth-order valence-electron chi connectivity index (χ4n) is 2.33. The number of fused-ring (bicyclic) bond motifs is 1. The van der Waals surface area contributed by atoms with Crippen molar-refractivity contribution in [1.29, 1.82) is 0 Å². The van der Waals surface area contributed by atoms with Gasteiger partial charge in [0.25, 0.3) is 0 Å². The van der Waals surface area contributed by atoms with Crippen LogP contribution < -0.4 is 5.73 Å². The lowest BCUT2D eigenvalue weighted by Gasteiger charge is -2.12. The lowest BCUT2D eigenvalue weighted by Crippen LogP contribution is -2.26. The molecule has 0 radical (unpaired) electrons. The van der Waals surface area contributed by atoms with Crippen LogP contribution in [-0.2, 0) is 6.54 Å².